The highest BCUT2D eigenvalue weighted by atomic mass is 16.5. The molecule has 11 heteroatoms. The van der Waals surface area contributed by atoms with E-state index in [4.69, 9.17) is 14.5 Å². The monoisotopic (exact) mass is 539 g/mol. The van der Waals surface area contributed by atoms with E-state index in [1.807, 2.05) is 50.2 Å². The van der Waals surface area contributed by atoms with E-state index in [1.54, 1.807) is 22.5 Å². The van der Waals surface area contributed by atoms with E-state index in [2.05, 4.69) is 43.2 Å². The number of hydrazone groups is 1. The number of esters is 1. The Morgan fingerprint density at radius 2 is 1.90 bits per heavy atom. The molecule has 0 bridgehead atoms. The molecule has 0 saturated carbocycles. The largest absolute Gasteiger partial charge is 0.481 e. The van der Waals surface area contributed by atoms with E-state index in [9.17, 15) is 4.79 Å². The van der Waals surface area contributed by atoms with Crippen LogP contribution in [0.25, 0.3) is 16.6 Å². The van der Waals surface area contributed by atoms with Crippen LogP contribution in [0, 0.1) is 0 Å². The number of nitrogens with zero attached hydrogens (tertiary/aromatic N) is 8. The number of hydrogen-bond acceptors (Lipinski definition) is 9. The normalized spacial score (nSPS) is 17.3. The Morgan fingerprint density at radius 1 is 1.05 bits per heavy atom. The molecule has 6 rings (SSSR count). The number of carbonyl (C=O) groups excluding carboxylic acids is 1. The molecular weight excluding hydrogens is 508 g/mol. The lowest BCUT2D eigenvalue weighted by atomic mass is 9.97. The van der Waals surface area contributed by atoms with Gasteiger partial charge >= 0.3 is 5.97 Å². The Bertz CT molecular complexity index is 1590. The summed E-state index contributed by atoms with van der Waals surface area (Å²) in [6.07, 6.45) is 11.1. The van der Waals surface area contributed by atoms with E-state index >= 15 is 0 Å². The fourth-order valence-corrected chi connectivity index (χ4v) is 5.21. The van der Waals surface area contributed by atoms with E-state index < -0.39 is 5.97 Å². The van der Waals surface area contributed by atoms with Crippen LogP contribution in [0.1, 0.15) is 27.4 Å². The first-order valence-electron chi connectivity index (χ1n) is 13.2. The van der Waals surface area contributed by atoms with Crippen LogP contribution in [0.4, 0.5) is 5.82 Å². The van der Waals surface area contributed by atoms with Crippen molar-refractivity contribution in [3.05, 3.63) is 71.8 Å². The van der Waals surface area contributed by atoms with Gasteiger partial charge in [0.1, 0.15) is 17.3 Å². The standard InChI is InChI=1S/C29H31N8O3/c1-34-18-23(15-32-34)22-12-24(28-25(29(38)40-3)16-33-37(28)19-22)21-5-6-26(30-14-21)36-10-8-35(9-11-36)17-20-4-7-27(39-2)31-13-20/h4-7,12-16,18-19,23H,8-11,17H2,1-3H3/q+1. The smallest absolute Gasteiger partial charge is 0.341 e. The van der Waals surface area contributed by atoms with Gasteiger partial charge in [0.2, 0.25) is 5.88 Å². The van der Waals surface area contributed by atoms with Crippen LogP contribution in [-0.4, -0.2) is 95.0 Å². The van der Waals surface area contributed by atoms with Gasteiger partial charge in [-0.3, -0.25) is 4.90 Å². The average Bonchev–Trinajstić information content (AvgIpc) is 3.63. The highest BCUT2D eigenvalue weighted by molar-refractivity contribution is 6.02. The first-order chi connectivity index (χ1) is 19.5. The van der Waals surface area contributed by atoms with Gasteiger partial charge in [-0.25, -0.2) is 19.3 Å². The minimum Gasteiger partial charge on any atom is -0.481 e. The summed E-state index contributed by atoms with van der Waals surface area (Å²) in [6.45, 7) is 4.50. The fraction of sp³-hybridized carbons (Fsp3) is 0.310. The van der Waals surface area contributed by atoms with Crippen molar-refractivity contribution < 1.29 is 19.0 Å². The quantitative estimate of drug-likeness (QED) is 0.261. The molecule has 6 heterocycles. The van der Waals surface area contributed by atoms with Gasteiger partial charge in [0.25, 0.3) is 0 Å². The van der Waals surface area contributed by atoms with Gasteiger partial charge in [0.15, 0.2) is 13.3 Å². The number of piperazine rings is 1. The molecule has 1 saturated heterocycles. The average molecular weight is 540 g/mol. The van der Waals surface area contributed by atoms with Crippen molar-refractivity contribution in [2.24, 2.45) is 5.10 Å². The highest BCUT2D eigenvalue weighted by Crippen LogP contribution is 2.31. The Morgan fingerprint density at radius 3 is 2.55 bits per heavy atom. The first-order valence-corrected chi connectivity index (χ1v) is 13.2. The maximum atomic E-state index is 12.5. The molecule has 0 aliphatic carbocycles. The maximum absolute atomic E-state index is 12.5. The topological polar surface area (TPSA) is 100 Å². The van der Waals surface area contributed by atoms with Gasteiger partial charge in [0.05, 0.1) is 32.1 Å². The van der Waals surface area contributed by atoms with E-state index in [0.717, 1.165) is 55.2 Å². The van der Waals surface area contributed by atoms with Gasteiger partial charge in [-0.2, -0.15) is 5.10 Å². The molecular formula is C29H31N8O3+. The zero-order valence-corrected chi connectivity index (χ0v) is 22.8. The summed E-state index contributed by atoms with van der Waals surface area (Å²) in [6, 6.07) is 10.2. The van der Waals surface area contributed by atoms with Crippen molar-refractivity contribution >= 4 is 29.7 Å². The highest BCUT2D eigenvalue weighted by Gasteiger charge is 2.24. The number of pyridine rings is 3. The van der Waals surface area contributed by atoms with E-state index in [-0.39, 0.29) is 5.92 Å². The lowest BCUT2D eigenvalue weighted by molar-refractivity contribution is -0.494. The van der Waals surface area contributed by atoms with Crippen LogP contribution >= 0.6 is 0 Å². The summed E-state index contributed by atoms with van der Waals surface area (Å²) in [4.78, 5) is 26.4. The van der Waals surface area contributed by atoms with Crippen LogP contribution in [0.5, 0.6) is 5.88 Å². The minimum atomic E-state index is -0.425. The summed E-state index contributed by atoms with van der Waals surface area (Å²) in [5, 5.41) is 8.80. The Hall–Kier alpha value is -4.64. The summed E-state index contributed by atoms with van der Waals surface area (Å²) in [7, 11) is 4.90. The number of aromatic nitrogens is 4. The third kappa shape index (κ3) is 5.03. The van der Waals surface area contributed by atoms with Crippen molar-refractivity contribution in [2.75, 3.05) is 52.3 Å². The van der Waals surface area contributed by atoms with Crippen LogP contribution < -0.4 is 9.64 Å². The predicted octanol–water partition coefficient (Wildman–Crippen LogP) is 2.70. The lowest BCUT2D eigenvalue weighted by Crippen LogP contribution is -2.46. The molecule has 0 radical (unpaired) electrons. The van der Waals surface area contributed by atoms with Crippen molar-refractivity contribution in [3.8, 4) is 17.0 Å². The molecule has 4 aromatic rings. The summed E-state index contributed by atoms with van der Waals surface area (Å²) in [5.74, 6) is 1.15. The number of carbonyl (C=O) groups is 1. The first kappa shape index (κ1) is 25.6. The number of fused-ring (bicyclic) bond motifs is 1. The van der Waals surface area contributed by atoms with Gasteiger partial charge in [-0.15, -0.1) is 0 Å². The van der Waals surface area contributed by atoms with Crippen LogP contribution in [0.15, 0.2) is 60.2 Å². The number of anilines is 1. The zero-order chi connectivity index (χ0) is 27.6. The summed E-state index contributed by atoms with van der Waals surface area (Å²) in [5.41, 5.74) is 5.05. The fourth-order valence-electron chi connectivity index (χ4n) is 5.21. The maximum Gasteiger partial charge on any atom is 0.341 e. The second kappa shape index (κ2) is 10.9. The predicted molar refractivity (Wildman–Crippen MR) is 152 cm³/mol. The lowest BCUT2D eigenvalue weighted by Gasteiger charge is -2.35. The molecule has 4 aromatic heterocycles. The minimum absolute atomic E-state index is 0.0103. The molecule has 40 heavy (non-hydrogen) atoms. The molecule has 0 aromatic carbocycles. The molecule has 204 valence electrons. The number of hydrogen-bond donors (Lipinski definition) is 0. The molecule has 0 N–H and O–H groups in total. The van der Waals surface area contributed by atoms with Crippen molar-refractivity contribution in [3.63, 3.8) is 0 Å². The van der Waals surface area contributed by atoms with Crippen LogP contribution in [0.2, 0.25) is 0 Å². The Balaban J connectivity index is 1.22. The number of rotatable bonds is 7. The third-order valence-electron chi connectivity index (χ3n) is 7.38. The molecule has 1 fully saturated rings. The van der Waals surface area contributed by atoms with Crippen molar-refractivity contribution in [2.45, 2.75) is 12.5 Å². The van der Waals surface area contributed by atoms with Gasteiger partial charge in [-0.1, -0.05) is 10.8 Å². The van der Waals surface area contributed by atoms with Crippen LogP contribution in [-0.2, 0) is 11.3 Å². The molecule has 0 spiro atoms. The van der Waals surface area contributed by atoms with E-state index in [1.165, 1.54) is 12.7 Å². The zero-order valence-electron chi connectivity index (χ0n) is 22.8. The third-order valence-corrected chi connectivity index (χ3v) is 7.38. The molecule has 0 amide bonds. The second-order valence-electron chi connectivity index (χ2n) is 9.92. The molecule has 1 atom stereocenters. The van der Waals surface area contributed by atoms with Crippen LogP contribution in [0.3, 0.4) is 0 Å². The van der Waals surface area contributed by atoms with Gasteiger partial charge < -0.3 is 14.4 Å². The van der Waals surface area contributed by atoms with Crippen molar-refractivity contribution in [1.82, 2.24) is 24.5 Å². The second-order valence-corrected chi connectivity index (χ2v) is 9.92. The molecule has 2 aliphatic rings. The number of methoxy groups -OCH3 is 2. The molecule has 11 nitrogen and oxygen atoms in total. The summed E-state index contributed by atoms with van der Waals surface area (Å²) < 4.78 is 13.7. The Labute approximate surface area is 232 Å². The van der Waals surface area contributed by atoms with E-state index in [0.29, 0.717) is 17.0 Å². The SMILES string of the molecule is COC(=O)c1cnn2cc(C3C=N[N+](C)=C3)cc(-c3ccc(N4CCN(Cc5ccc(OC)nc5)CC4)nc3)c12. The molecule has 2 aliphatic heterocycles. The van der Waals surface area contributed by atoms with Crippen molar-refractivity contribution in [1.29, 1.82) is 0 Å². The summed E-state index contributed by atoms with van der Waals surface area (Å²) >= 11 is 0. The number of ether oxygens (including phenoxy) is 2. The molecule has 1 unspecified atom stereocenters. The van der Waals surface area contributed by atoms with Gasteiger partial charge in [-0.05, 0) is 34.4 Å². The van der Waals surface area contributed by atoms with Gasteiger partial charge in [0, 0.05) is 68.5 Å². The Kier molecular flexibility index (Phi) is 6.95.